The molecule has 0 saturated carbocycles. The first-order valence-corrected chi connectivity index (χ1v) is 11.7. The minimum absolute atomic E-state index is 0.0138. The number of furan rings is 1. The van der Waals surface area contributed by atoms with E-state index >= 15 is 0 Å². The lowest BCUT2D eigenvalue weighted by atomic mass is 10.0. The number of aromatic nitrogens is 1. The number of halogens is 1. The summed E-state index contributed by atoms with van der Waals surface area (Å²) in [5, 5.41) is 16.7. The number of amides is 2. The molecule has 4 N–H and O–H groups in total. The van der Waals surface area contributed by atoms with Gasteiger partial charge in [0.2, 0.25) is 0 Å². The molecule has 0 saturated heterocycles. The molecule has 0 spiro atoms. The minimum atomic E-state index is -1.12. The Kier molecular flexibility index (Phi) is 7.89. The second kappa shape index (κ2) is 11.4. The topological polar surface area (TPSA) is 146 Å². The van der Waals surface area contributed by atoms with Crippen molar-refractivity contribution in [3.05, 3.63) is 82.7 Å². The molecule has 190 valence electrons. The number of benzene rings is 2. The molecule has 0 radical (unpaired) electrons. The molecule has 0 fully saturated rings. The van der Waals surface area contributed by atoms with Crippen molar-refractivity contribution in [3.8, 4) is 11.3 Å². The van der Waals surface area contributed by atoms with Crippen LogP contribution in [0.25, 0.3) is 22.2 Å². The van der Waals surface area contributed by atoms with Crippen LogP contribution in [-0.4, -0.2) is 46.9 Å². The third-order valence-corrected chi connectivity index (χ3v) is 5.77. The molecule has 37 heavy (non-hydrogen) atoms. The number of fused-ring (bicyclic) bond motifs is 1. The molecule has 11 heteroatoms. The lowest BCUT2D eigenvalue weighted by Crippen LogP contribution is -2.47. The standard InChI is InChI=1S/C26H23ClN4O6/c1-2-36-26(35)30-22(12-16-13-28-21-6-4-3-5-18(16)21)24(32)31-29-14-17-8-10-23(37-17)15-7-9-19(25(33)34)20(27)11-15/h3-11,13-14,22,28H,2,12H2,1H3,(H,30,35)(H,31,32)(H,33,34)/b29-14-/t22-/m1/s1. The third kappa shape index (κ3) is 6.17. The normalized spacial score (nSPS) is 11.9. The maximum Gasteiger partial charge on any atom is 0.407 e. The molecule has 2 heterocycles. The third-order valence-electron chi connectivity index (χ3n) is 5.46. The predicted molar refractivity (Wildman–Crippen MR) is 138 cm³/mol. The summed E-state index contributed by atoms with van der Waals surface area (Å²) in [6, 6.07) is 14.4. The Morgan fingerprint density at radius 1 is 1.19 bits per heavy atom. The first-order chi connectivity index (χ1) is 17.9. The Balaban J connectivity index is 1.45. The average Bonchev–Trinajstić information content (AvgIpc) is 3.51. The highest BCUT2D eigenvalue weighted by atomic mass is 35.5. The van der Waals surface area contributed by atoms with Gasteiger partial charge in [0.1, 0.15) is 17.6 Å². The number of H-pyrrole nitrogens is 1. The summed E-state index contributed by atoms with van der Waals surface area (Å²) in [6.07, 6.45) is 2.60. The van der Waals surface area contributed by atoms with Crippen LogP contribution >= 0.6 is 11.6 Å². The summed E-state index contributed by atoms with van der Waals surface area (Å²) in [5.41, 5.74) is 4.75. The number of alkyl carbamates (subject to hydrolysis) is 1. The Labute approximate surface area is 216 Å². The first kappa shape index (κ1) is 25.5. The molecule has 2 amide bonds. The molecule has 4 rings (SSSR count). The zero-order chi connectivity index (χ0) is 26.4. The number of hydrogen-bond acceptors (Lipinski definition) is 6. The van der Waals surface area contributed by atoms with Crippen molar-refractivity contribution in [1.82, 2.24) is 15.7 Å². The van der Waals surface area contributed by atoms with Crippen LogP contribution in [0.15, 0.2) is 70.3 Å². The highest BCUT2D eigenvalue weighted by Crippen LogP contribution is 2.27. The van der Waals surface area contributed by atoms with Crippen molar-refractivity contribution in [1.29, 1.82) is 0 Å². The number of nitrogens with one attached hydrogen (secondary N) is 3. The quantitative estimate of drug-likeness (QED) is 0.187. The SMILES string of the molecule is CCOC(=O)N[C@H](Cc1c[nH]c2ccccc12)C(=O)N/N=C\c1ccc(-c2ccc(C(=O)O)c(Cl)c2)o1. The lowest BCUT2D eigenvalue weighted by molar-refractivity contribution is -0.123. The van der Waals surface area contributed by atoms with Gasteiger partial charge in [-0.05, 0) is 42.8 Å². The summed E-state index contributed by atoms with van der Waals surface area (Å²) in [5.74, 6) is -0.898. The zero-order valence-corrected chi connectivity index (χ0v) is 20.4. The van der Waals surface area contributed by atoms with Gasteiger partial charge in [0, 0.05) is 29.1 Å². The number of ether oxygens (including phenoxy) is 1. The van der Waals surface area contributed by atoms with Crippen LogP contribution < -0.4 is 10.7 Å². The van der Waals surface area contributed by atoms with Crippen molar-refractivity contribution in [2.75, 3.05) is 6.61 Å². The summed E-state index contributed by atoms with van der Waals surface area (Å²) < 4.78 is 10.6. The number of carboxylic acid groups (broad SMARTS) is 1. The smallest absolute Gasteiger partial charge is 0.407 e. The van der Waals surface area contributed by atoms with Crippen LogP contribution in [0, 0.1) is 0 Å². The number of carboxylic acids is 1. The number of aromatic carboxylic acids is 1. The van der Waals surface area contributed by atoms with Crippen molar-refractivity contribution < 1.29 is 28.6 Å². The van der Waals surface area contributed by atoms with Crippen LogP contribution in [-0.2, 0) is 16.0 Å². The molecular formula is C26H23ClN4O6. The van der Waals surface area contributed by atoms with Crippen LogP contribution in [0.3, 0.4) is 0 Å². The van der Waals surface area contributed by atoms with Gasteiger partial charge in [0.15, 0.2) is 0 Å². The van der Waals surface area contributed by atoms with E-state index in [9.17, 15) is 14.4 Å². The molecule has 1 atom stereocenters. The maximum absolute atomic E-state index is 12.9. The average molecular weight is 523 g/mol. The summed E-state index contributed by atoms with van der Waals surface area (Å²) in [4.78, 5) is 39.2. The van der Waals surface area contributed by atoms with Crippen LogP contribution in [0.5, 0.6) is 0 Å². The molecule has 4 aromatic rings. The van der Waals surface area contributed by atoms with E-state index in [0.29, 0.717) is 17.1 Å². The van der Waals surface area contributed by atoms with E-state index in [2.05, 4.69) is 20.8 Å². The highest BCUT2D eigenvalue weighted by Gasteiger charge is 2.23. The minimum Gasteiger partial charge on any atom is -0.478 e. The second-order valence-electron chi connectivity index (χ2n) is 7.92. The van der Waals surface area contributed by atoms with E-state index < -0.39 is 24.0 Å². The number of rotatable bonds is 9. The molecule has 2 aromatic carbocycles. The van der Waals surface area contributed by atoms with Crippen molar-refractivity contribution >= 4 is 46.7 Å². The van der Waals surface area contributed by atoms with Gasteiger partial charge in [-0.1, -0.05) is 35.9 Å². The molecule has 0 bridgehead atoms. The van der Waals surface area contributed by atoms with E-state index in [-0.39, 0.29) is 23.6 Å². The van der Waals surface area contributed by atoms with E-state index in [1.165, 1.54) is 18.3 Å². The highest BCUT2D eigenvalue weighted by molar-refractivity contribution is 6.33. The molecule has 0 aliphatic carbocycles. The maximum atomic E-state index is 12.9. The van der Waals surface area contributed by atoms with E-state index in [1.807, 2.05) is 24.3 Å². The van der Waals surface area contributed by atoms with Crippen molar-refractivity contribution in [3.63, 3.8) is 0 Å². The zero-order valence-electron chi connectivity index (χ0n) is 19.7. The fourth-order valence-electron chi connectivity index (χ4n) is 3.70. The molecule has 0 unspecified atom stereocenters. The molecule has 2 aromatic heterocycles. The van der Waals surface area contributed by atoms with Gasteiger partial charge in [-0.2, -0.15) is 5.10 Å². The molecule has 0 aliphatic heterocycles. The van der Waals surface area contributed by atoms with Gasteiger partial charge < -0.3 is 24.6 Å². The molecule has 0 aliphatic rings. The molecule has 10 nitrogen and oxygen atoms in total. The Morgan fingerprint density at radius 2 is 2.00 bits per heavy atom. The number of nitrogens with zero attached hydrogens (tertiary/aromatic N) is 1. The van der Waals surface area contributed by atoms with Crippen LogP contribution in [0.2, 0.25) is 5.02 Å². The number of carbonyl (C=O) groups is 3. The number of para-hydroxylation sites is 1. The summed E-state index contributed by atoms with van der Waals surface area (Å²) in [7, 11) is 0. The fraction of sp³-hybridized carbons (Fsp3) is 0.154. The monoisotopic (exact) mass is 522 g/mol. The first-order valence-electron chi connectivity index (χ1n) is 11.3. The van der Waals surface area contributed by atoms with E-state index in [1.54, 1.807) is 31.3 Å². The van der Waals surface area contributed by atoms with Crippen LogP contribution in [0.1, 0.15) is 28.6 Å². The lowest BCUT2D eigenvalue weighted by Gasteiger charge is -2.16. The summed E-state index contributed by atoms with van der Waals surface area (Å²) in [6.45, 7) is 1.83. The number of hydrazone groups is 1. The van der Waals surface area contributed by atoms with Crippen molar-refractivity contribution in [2.24, 2.45) is 5.10 Å². The number of hydrogen-bond donors (Lipinski definition) is 4. The van der Waals surface area contributed by atoms with Gasteiger partial charge in [0.25, 0.3) is 5.91 Å². The number of aromatic amines is 1. The largest absolute Gasteiger partial charge is 0.478 e. The van der Waals surface area contributed by atoms with Gasteiger partial charge in [0.05, 0.1) is 23.4 Å². The van der Waals surface area contributed by atoms with Gasteiger partial charge in [-0.25, -0.2) is 15.0 Å². The fourth-order valence-corrected chi connectivity index (χ4v) is 3.96. The Hall–Kier alpha value is -4.57. The van der Waals surface area contributed by atoms with Crippen molar-refractivity contribution in [2.45, 2.75) is 19.4 Å². The van der Waals surface area contributed by atoms with Gasteiger partial charge in [-0.3, -0.25) is 4.79 Å². The van der Waals surface area contributed by atoms with Gasteiger partial charge >= 0.3 is 12.1 Å². The summed E-state index contributed by atoms with van der Waals surface area (Å²) >= 11 is 6.03. The second-order valence-corrected chi connectivity index (χ2v) is 8.32. The molecular weight excluding hydrogens is 500 g/mol. The Morgan fingerprint density at radius 3 is 2.76 bits per heavy atom. The Bertz CT molecular complexity index is 1470. The predicted octanol–water partition coefficient (Wildman–Crippen LogP) is 4.59. The van der Waals surface area contributed by atoms with E-state index in [4.69, 9.17) is 25.9 Å². The van der Waals surface area contributed by atoms with Gasteiger partial charge in [-0.15, -0.1) is 0 Å². The van der Waals surface area contributed by atoms with Crippen LogP contribution in [0.4, 0.5) is 4.79 Å². The van der Waals surface area contributed by atoms with E-state index in [0.717, 1.165) is 16.5 Å². The number of carbonyl (C=O) groups excluding carboxylic acids is 2.